The molecule has 34 heavy (non-hydrogen) atoms. The number of hydrogen-bond donors (Lipinski definition) is 2. The summed E-state index contributed by atoms with van der Waals surface area (Å²) in [6, 6.07) is 2.77. The van der Waals surface area contributed by atoms with Gasteiger partial charge in [0.2, 0.25) is 0 Å². The first-order valence-corrected chi connectivity index (χ1v) is 9.79. The molecular weight excluding hydrogens is 472 g/mol. The van der Waals surface area contributed by atoms with E-state index in [4.69, 9.17) is 15.2 Å². The van der Waals surface area contributed by atoms with E-state index in [9.17, 15) is 31.1 Å². The Balaban J connectivity index is 1.66. The summed E-state index contributed by atoms with van der Waals surface area (Å²) in [5.41, 5.74) is 2.47. The number of ether oxygens (including phenoxy) is 2. The van der Waals surface area contributed by atoms with Gasteiger partial charge in [0, 0.05) is 18.2 Å². The predicted octanol–water partition coefficient (Wildman–Crippen LogP) is 3.10. The van der Waals surface area contributed by atoms with E-state index in [0.717, 1.165) is 30.6 Å². The first-order valence-electron chi connectivity index (χ1n) is 9.79. The molecule has 0 spiro atoms. The van der Waals surface area contributed by atoms with Crippen molar-refractivity contribution in [2.75, 3.05) is 18.5 Å². The summed E-state index contributed by atoms with van der Waals surface area (Å²) in [7, 11) is 0. The summed E-state index contributed by atoms with van der Waals surface area (Å²) in [6.07, 6.45) is -5.46. The van der Waals surface area contributed by atoms with Gasteiger partial charge in [-0.3, -0.25) is 9.78 Å². The van der Waals surface area contributed by atoms with Crippen LogP contribution in [0.15, 0.2) is 35.6 Å². The lowest BCUT2D eigenvalue weighted by atomic mass is 9.77. The number of carbonyl (C=O) groups is 1. The largest absolute Gasteiger partial charge is 0.465 e. The number of nitrogens with two attached hydrogens (primary N) is 1. The number of benzene rings is 1. The molecule has 1 saturated heterocycles. The first kappa shape index (κ1) is 23.7. The molecule has 14 heteroatoms. The number of anilines is 1. The molecule has 8 nitrogen and oxygen atoms in total. The number of fused-ring (bicyclic) bond motifs is 1. The molecule has 1 amide bonds. The molecule has 0 radical (unpaired) electrons. The molecule has 1 aromatic heterocycles. The number of alkyl halides is 5. The van der Waals surface area contributed by atoms with Crippen LogP contribution < -0.4 is 11.1 Å². The molecule has 2 aliphatic heterocycles. The number of nitrogens with zero attached hydrogens (tertiary/aromatic N) is 3. The number of rotatable bonds is 4. The number of halogens is 6. The van der Waals surface area contributed by atoms with Crippen molar-refractivity contribution >= 4 is 17.6 Å². The van der Waals surface area contributed by atoms with Gasteiger partial charge < -0.3 is 20.5 Å². The topological polar surface area (TPSA) is 112 Å². The Morgan fingerprint density at radius 3 is 2.56 bits per heavy atom. The molecule has 182 valence electrons. The second-order valence-electron chi connectivity index (χ2n) is 7.89. The van der Waals surface area contributed by atoms with E-state index in [1.54, 1.807) is 0 Å². The molecule has 0 aliphatic carbocycles. The average Bonchev–Trinajstić information content (AvgIpc) is 3.14. The maximum absolute atomic E-state index is 14.9. The smallest absolute Gasteiger partial charge is 0.415 e. The third-order valence-electron chi connectivity index (χ3n) is 5.53. The van der Waals surface area contributed by atoms with E-state index in [2.05, 4.69) is 20.3 Å². The zero-order valence-electron chi connectivity index (χ0n) is 17.4. The third kappa shape index (κ3) is 4.24. The molecule has 2 aromatic rings. The third-order valence-corrected chi connectivity index (χ3v) is 5.53. The molecule has 0 saturated carbocycles. The summed E-state index contributed by atoms with van der Waals surface area (Å²) >= 11 is 0. The number of hydrogen-bond acceptors (Lipinski definition) is 7. The summed E-state index contributed by atoms with van der Waals surface area (Å²) in [4.78, 5) is 23.6. The van der Waals surface area contributed by atoms with Crippen LogP contribution in [0, 0.1) is 11.7 Å². The van der Waals surface area contributed by atoms with E-state index in [1.807, 2.05) is 0 Å². The molecule has 3 heterocycles. The Labute approximate surface area is 188 Å². The van der Waals surface area contributed by atoms with Crippen molar-refractivity contribution in [1.82, 2.24) is 9.97 Å². The van der Waals surface area contributed by atoms with E-state index in [1.165, 1.54) is 0 Å². The number of amides is 1. The van der Waals surface area contributed by atoms with Crippen molar-refractivity contribution in [2.24, 2.45) is 16.6 Å². The molecule has 3 N–H and O–H groups in total. The van der Waals surface area contributed by atoms with Gasteiger partial charge in [0.15, 0.2) is 6.10 Å². The lowest BCUT2D eigenvalue weighted by molar-refractivity contribution is -0.219. The second kappa shape index (κ2) is 8.11. The Morgan fingerprint density at radius 1 is 1.21 bits per heavy atom. The van der Waals surface area contributed by atoms with Gasteiger partial charge in [-0.25, -0.2) is 14.4 Å². The highest BCUT2D eigenvalue weighted by molar-refractivity contribution is 6.02. The normalized spacial score (nSPS) is 24.7. The van der Waals surface area contributed by atoms with Crippen molar-refractivity contribution in [3.05, 3.63) is 53.4 Å². The molecule has 0 bridgehead atoms. The summed E-state index contributed by atoms with van der Waals surface area (Å²) < 4.78 is 91.8. The van der Waals surface area contributed by atoms with Crippen LogP contribution in [0.2, 0.25) is 0 Å². The standard InChI is InChI=1S/C20H17F6N5O3/c1-18(22,23)14-6-28-13(5-29-14)16(32)30-9-2-3-12(21)10(4-9)19-8-34-15(20(24,25)26)11(19)7-33-17(27)31-19/h2-6,11,15H,7-8H2,1H3,(H2,27,31)(H,30,32)/t11-,15+,19?/m1/s1. The maximum atomic E-state index is 14.9. The zero-order chi connectivity index (χ0) is 24.9. The van der Waals surface area contributed by atoms with Crippen LogP contribution in [-0.4, -0.2) is 47.4 Å². The number of carbonyl (C=O) groups excluding carboxylic acids is 1. The number of aromatic nitrogens is 2. The van der Waals surface area contributed by atoms with Gasteiger partial charge in [-0.1, -0.05) is 0 Å². The maximum Gasteiger partial charge on any atom is 0.415 e. The fraction of sp³-hybridized carbons (Fsp3) is 0.400. The first-order chi connectivity index (χ1) is 15.8. The molecule has 3 atom stereocenters. The Kier molecular flexibility index (Phi) is 5.66. The van der Waals surface area contributed by atoms with E-state index in [-0.39, 0.29) is 16.9 Å². The molecule has 1 fully saturated rings. The summed E-state index contributed by atoms with van der Waals surface area (Å²) in [5, 5.41) is 2.38. The van der Waals surface area contributed by atoms with Crippen LogP contribution in [0.1, 0.15) is 28.7 Å². The van der Waals surface area contributed by atoms with Gasteiger partial charge in [0.25, 0.3) is 17.9 Å². The number of amidine groups is 1. The summed E-state index contributed by atoms with van der Waals surface area (Å²) in [5.74, 6) is -6.46. The molecule has 4 rings (SSSR count). The highest BCUT2D eigenvalue weighted by Crippen LogP contribution is 2.50. The van der Waals surface area contributed by atoms with Gasteiger partial charge in [-0.05, 0) is 18.2 Å². The van der Waals surface area contributed by atoms with Crippen LogP contribution in [-0.2, 0) is 20.9 Å². The van der Waals surface area contributed by atoms with E-state index < -0.39 is 66.3 Å². The van der Waals surface area contributed by atoms with Gasteiger partial charge in [0.1, 0.15) is 22.7 Å². The van der Waals surface area contributed by atoms with Gasteiger partial charge in [-0.2, -0.15) is 22.0 Å². The van der Waals surface area contributed by atoms with Gasteiger partial charge in [0.05, 0.1) is 31.5 Å². The van der Waals surface area contributed by atoms with Crippen LogP contribution >= 0.6 is 0 Å². The lowest BCUT2D eigenvalue weighted by Crippen LogP contribution is -2.48. The molecule has 1 aromatic carbocycles. The zero-order valence-corrected chi connectivity index (χ0v) is 17.4. The van der Waals surface area contributed by atoms with Crippen molar-refractivity contribution in [1.29, 1.82) is 0 Å². The highest BCUT2D eigenvalue weighted by Gasteiger charge is 2.62. The number of nitrogens with one attached hydrogen (secondary N) is 1. The van der Waals surface area contributed by atoms with Crippen molar-refractivity contribution in [3.8, 4) is 0 Å². The highest BCUT2D eigenvalue weighted by atomic mass is 19.4. The van der Waals surface area contributed by atoms with E-state index >= 15 is 0 Å². The van der Waals surface area contributed by atoms with Crippen molar-refractivity contribution in [3.63, 3.8) is 0 Å². The van der Waals surface area contributed by atoms with Gasteiger partial charge >= 0.3 is 6.18 Å². The minimum Gasteiger partial charge on any atom is -0.465 e. The Hall–Kier alpha value is -3.42. The van der Waals surface area contributed by atoms with E-state index in [0.29, 0.717) is 6.92 Å². The quantitative estimate of drug-likeness (QED) is 0.639. The Bertz CT molecular complexity index is 1130. The fourth-order valence-corrected chi connectivity index (χ4v) is 3.90. The van der Waals surface area contributed by atoms with Crippen LogP contribution in [0.3, 0.4) is 0 Å². The SMILES string of the molecule is CC(F)(F)c1cnc(C(=O)Nc2ccc(F)c(C34CO[C@H](C(F)(F)F)[C@H]3COC(N)=N4)c2)cn1. The van der Waals surface area contributed by atoms with Crippen LogP contribution in [0.25, 0.3) is 0 Å². The monoisotopic (exact) mass is 489 g/mol. The van der Waals surface area contributed by atoms with Crippen molar-refractivity contribution < 1.29 is 40.6 Å². The van der Waals surface area contributed by atoms with Crippen LogP contribution in [0.4, 0.5) is 32.0 Å². The molecular formula is C20H17F6N5O3. The lowest BCUT2D eigenvalue weighted by Gasteiger charge is -2.36. The number of aliphatic imine (C=N–C) groups is 1. The van der Waals surface area contributed by atoms with Crippen LogP contribution in [0.5, 0.6) is 0 Å². The van der Waals surface area contributed by atoms with Gasteiger partial charge in [-0.15, -0.1) is 0 Å². The average molecular weight is 489 g/mol. The predicted molar refractivity (Wildman–Crippen MR) is 104 cm³/mol. The summed E-state index contributed by atoms with van der Waals surface area (Å²) in [6.45, 7) is -0.525. The Morgan fingerprint density at radius 2 is 1.94 bits per heavy atom. The van der Waals surface area contributed by atoms with Crippen molar-refractivity contribution in [2.45, 2.75) is 30.7 Å². The minimum absolute atomic E-state index is 0.0167. The second-order valence-corrected chi connectivity index (χ2v) is 7.89. The molecule has 1 unspecified atom stereocenters. The fourth-order valence-electron chi connectivity index (χ4n) is 3.90. The molecule has 2 aliphatic rings. The minimum atomic E-state index is -4.76.